The lowest BCUT2D eigenvalue weighted by atomic mass is 10.1. The molecular formula is C11H16BrClN2O. The van der Waals surface area contributed by atoms with Crippen LogP contribution in [-0.2, 0) is 11.3 Å². The van der Waals surface area contributed by atoms with Crippen molar-refractivity contribution >= 4 is 28.3 Å². The second-order valence-electron chi connectivity index (χ2n) is 3.86. The van der Waals surface area contributed by atoms with Crippen LogP contribution in [0, 0.1) is 5.92 Å². The van der Waals surface area contributed by atoms with E-state index < -0.39 is 0 Å². The molecule has 90 valence electrons. The quantitative estimate of drug-likeness (QED) is 0.867. The molecule has 0 aliphatic carbocycles. The number of hydrogen-bond acceptors (Lipinski definition) is 3. The molecule has 0 radical (unpaired) electrons. The van der Waals surface area contributed by atoms with Crippen LogP contribution in [0.25, 0.3) is 0 Å². The number of aromatic nitrogens is 1. The Balaban J connectivity index is 0.00000128. The summed E-state index contributed by atoms with van der Waals surface area (Å²) < 4.78 is 6.52. The summed E-state index contributed by atoms with van der Waals surface area (Å²) in [6, 6.07) is 3.97. The van der Waals surface area contributed by atoms with Crippen LogP contribution in [0.1, 0.15) is 12.0 Å². The van der Waals surface area contributed by atoms with Gasteiger partial charge in [0.05, 0.1) is 13.2 Å². The van der Waals surface area contributed by atoms with Gasteiger partial charge in [-0.3, -0.25) is 0 Å². The fourth-order valence-corrected chi connectivity index (χ4v) is 1.93. The summed E-state index contributed by atoms with van der Waals surface area (Å²) in [5, 5.41) is 3.33. The van der Waals surface area contributed by atoms with Gasteiger partial charge in [0.25, 0.3) is 0 Å². The van der Waals surface area contributed by atoms with E-state index in [2.05, 4.69) is 26.2 Å². The van der Waals surface area contributed by atoms with E-state index in [1.54, 1.807) is 0 Å². The molecule has 1 atom stereocenters. The third-order valence-corrected chi connectivity index (χ3v) is 3.04. The van der Waals surface area contributed by atoms with Crippen molar-refractivity contribution in [2.75, 3.05) is 19.7 Å². The Hall–Kier alpha value is -0.160. The molecule has 0 bridgehead atoms. The summed E-state index contributed by atoms with van der Waals surface area (Å²) >= 11 is 3.31. The summed E-state index contributed by atoms with van der Waals surface area (Å²) in [7, 11) is 0. The van der Waals surface area contributed by atoms with Crippen LogP contribution in [0.3, 0.4) is 0 Å². The Morgan fingerprint density at radius 3 is 3.00 bits per heavy atom. The number of ether oxygens (including phenoxy) is 1. The van der Waals surface area contributed by atoms with Crippen LogP contribution in [0.2, 0.25) is 0 Å². The maximum absolute atomic E-state index is 5.65. The van der Waals surface area contributed by atoms with Gasteiger partial charge < -0.3 is 10.1 Å². The van der Waals surface area contributed by atoms with Crippen molar-refractivity contribution in [3.8, 4) is 0 Å². The van der Waals surface area contributed by atoms with Crippen molar-refractivity contribution < 1.29 is 4.74 Å². The predicted octanol–water partition coefficient (Wildman–Crippen LogP) is 2.39. The first-order chi connectivity index (χ1) is 7.34. The molecule has 16 heavy (non-hydrogen) atoms. The maximum atomic E-state index is 5.65. The van der Waals surface area contributed by atoms with Crippen molar-refractivity contribution in [2.24, 2.45) is 5.92 Å². The van der Waals surface area contributed by atoms with Crippen LogP contribution in [-0.4, -0.2) is 24.7 Å². The summed E-state index contributed by atoms with van der Waals surface area (Å²) in [5.74, 6) is 0.688. The molecule has 0 amide bonds. The highest BCUT2D eigenvalue weighted by molar-refractivity contribution is 9.10. The van der Waals surface area contributed by atoms with Gasteiger partial charge in [0, 0.05) is 12.7 Å². The molecule has 5 heteroatoms. The average molecular weight is 308 g/mol. The third kappa shape index (κ3) is 4.37. The molecule has 0 spiro atoms. The van der Waals surface area contributed by atoms with Gasteiger partial charge in [-0.1, -0.05) is 6.07 Å². The van der Waals surface area contributed by atoms with Gasteiger partial charge in [-0.2, -0.15) is 0 Å². The molecule has 1 aliphatic rings. The first-order valence-corrected chi connectivity index (χ1v) is 6.03. The number of hydrogen-bond donors (Lipinski definition) is 1. The van der Waals surface area contributed by atoms with Gasteiger partial charge in [-0.25, -0.2) is 4.98 Å². The monoisotopic (exact) mass is 306 g/mol. The molecule has 1 N–H and O–H groups in total. The molecule has 1 aromatic heterocycles. The van der Waals surface area contributed by atoms with E-state index in [1.165, 1.54) is 6.42 Å². The number of rotatable bonds is 4. The zero-order valence-electron chi connectivity index (χ0n) is 8.99. The van der Waals surface area contributed by atoms with E-state index >= 15 is 0 Å². The SMILES string of the molecule is Brc1ccc(COCC2CCNC2)cn1.Cl. The van der Waals surface area contributed by atoms with Crippen LogP contribution in [0.4, 0.5) is 0 Å². The van der Waals surface area contributed by atoms with E-state index in [0.717, 1.165) is 29.9 Å². The van der Waals surface area contributed by atoms with Gasteiger partial charge in [0.1, 0.15) is 4.60 Å². The standard InChI is InChI=1S/C11H15BrN2O.ClH/c12-11-2-1-9(6-14-11)7-15-8-10-3-4-13-5-10;/h1-2,6,10,13H,3-5,7-8H2;1H. The van der Waals surface area contributed by atoms with E-state index in [9.17, 15) is 0 Å². The molecule has 2 heterocycles. The minimum Gasteiger partial charge on any atom is -0.376 e. The highest BCUT2D eigenvalue weighted by Gasteiger charge is 2.13. The zero-order valence-corrected chi connectivity index (χ0v) is 11.4. The number of nitrogens with zero attached hydrogens (tertiary/aromatic N) is 1. The lowest BCUT2D eigenvalue weighted by Gasteiger charge is -2.08. The summed E-state index contributed by atoms with van der Waals surface area (Å²) in [6.07, 6.45) is 3.08. The third-order valence-electron chi connectivity index (χ3n) is 2.57. The molecule has 3 nitrogen and oxygen atoms in total. The fourth-order valence-electron chi connectivity index (χ4n) is 1.69. The average Bonchev–Trinajstić information content (AvgIpc) is 2.74. The predicted molar refractivity (Wildman–Crippen MR) is 69.8 cm³/mol. The van der Waals surface area contributed by atoms with Crippen molar-refractivity contribution in [2.45, 2.75) is 13.0 Å². The van der Waals surface area contributed by atoms with Gasteiger partial charge in [-0.15, -0.1) is 12.4 Å². The lowest BCUT2D eigenvalue weighted by Crippen LogP contribution is -2.13. The molecular weight excluding hydrogens is 291 g/mol. The first-order valence-electron chi connectivity index (χ1n) is 5.23. The number of halogens is 2. The van der Waals surface area contributed by atoms with E-state index in [-0.39, 0.29) is 12.4 Å². The molecule has 2 rings (SSSR count). The number of pyridine rings is 1. The van der Waals surface area contributed by atoms with E-state index in [4.69, 9.17) is 4.74 Å². The first kappa shape index (κ1) is 13.9. The molecule has 0 aromatic carbocycles. The lowest BCUT2D eigenvalue weighted by molar-refractivity contribution is 0.0923. The van der Waals surface area contributed by atoms with Gasteiger partial charge in [0.2, 0.25) is 0 Å². The summed E-state index contributed by atoms with van der Waals surface area (Å²) in [5.41, 5.74) is 1.13. The number of nitrogens with one attached hydrogen (secondary N) is 1. The van der Waals surface area contributed by atoms with E-state index in [1.807, 2.05) is 18.3 Å². The van der Waals surface area contributed by atoms with Crippen molar-refractivity contribution in [1.82, 2.24) is 10.3 Å². The second-order valence-corrected chi connectivity index (χ2v) is 4.68. The van der Waals surface area contributed by atoms with Gasteiger partial charge >= 0.3 is 0 Å². The molecule has 1 unspecified atom stereocenters. The Morgan fingerprint density at radius 2 is 2.38 bits per heavy atom. The van der Waals surface area contributed by atoms with Gasteiger partial charge in [0.15, 0.2) is 0 Å². The maximum Gasteiger partial charge on any atom is 0.106 e. The van der Waals surface area contributed by atoms with E-state index in [0.29, 0.717) is 12.5 Å². The highest BCUT2D eigenvalue weighted by atomic mass is 79.9. The minimum atomic E-state index is 0. The summed E-state index contributed by atoms with van der Waals surface area (Å²) in [6.45, 7) is 3.74. The minimum absolute atomic E-state index is 0. The molecule has 1 aromatic rings. The Bertz CT molecular complexity index is 301. The van der Waals surface area contributed by atoms with Crippen LogP contribution in [0.15, 0.2) is 22.9 Å². The topological polar surface area (TPSA) is 34.1 Å². The molecule has 1 saturated heterocycles. The van der Waals surface area contributed by atoms with Crippen LogP contribution >= 0.6 is 28.3 Å². The smallest absolute Gasteiger partial charge is 0.106 e. The highest BCUT2D eigenvalue weighted by Crippen LogP contribution is 2.10. The molecule has 1 aliphatic heterocycles. The van der Waals surface area contributed by atoms with Crippen molar-refractivity contribution in [3.05, 3.63) is 28.5 Å². The summed E-state index contributed by atoms with van der Waals surface area (Å²) in [4.78, 5) is 4.15. The van der Waals surface area contributed by atoms with Crippen LogP contribution in [0.5, 0.6) is 0 Å². The second kappa shape index (κ2) is 7.22. The Morgan fingerprint density at radius 1 is 1.50 bits per heavy atom. The molecule has 0 saturated carbocycles. The Kier molecular flexibility index (Phi) is 6.28. The zero-order chi connectivity index (χ0) is 10.5. The van der Waals surface area contributed by atoms with Crippen molar-refractivity contribution in [1.29, 1.82) is 0 Å². The largest absolute Gasteiger partial charge is 0.376 e. The fraction of sp³-hybridized carbons (Fsp3) is 0.545. The van der Waals surface area contributed by atoms with Gasteiger partial charge in [-0.05, 0) is 46.4 Å². The van der Waals surface area contributed by atoms with Crippen molar-refractivity contribution in [3.63, 3.8) is 0 Å². The molecule has 1 fully saturated rings. The van der Waals surface area contributed by atoms with Crippen LogP contribution < -0.4 is 5.32 Å². The normalized spacial score (nSPS) is 19.4. The Labute approximate surface area is 111 Å².